The van der Waals surface area contributed by atoms with Gasteiger partial charge >= 0.3 is 5.97 Å². The summed E-state index contributed by atoms with van der Waals surface area (Å²) in [6, 6.07) is 0. The summed E-state index contributed by atoms with van der Waals surface area (Å²) in [4.78, 5) is 11.7. The zero-order valence-corrected chi connectivity index (χ0v) is 19.7. The average molecular weight is 401 g/mol. The highest BCUT2D eigenvalue weighted by atomic mass is 16.5. The molecule has 0 aromatic rings. The van der Waals surface area contributed by atoms with Crippen molar-refractivity contribution in [3.05, 3.63) is 12.2 Å². The van der Waals surface area contributed by atoms with E-state index in [1.54, 1.807) is 0 Å². The van der Waals surface area contributed by atoms with Crippen molar-refractivity contribution in [2.75, 3.05) is 7.11 Å². The molecule has 3 fully saturated rings. The third-order valence-electron chi connectivity index (χ3n) is 10.8. The van der Waals surface area contributed by atoms with E-state index in [9.17, 15) is 4.79 Å². The molecule has 29 heavy (non-hydrogen) atoms. The van der Waals surface area contributed by atoms with Gasteiger partial charge in [0, 0.05) is 6.42 Å². The number of fused-ring (bicyclic) bond motifs is 5. The van der Waals surface area contributed by atoms with Crippen LogP contribution in [0.25, 0.3) is 0 Å². The predicted octanol–water partition coefficient (Wildman–Crippen LogP) is 6.89. The first-order valence-electron chi connectivity index (χ1n) is 12.5. The van der Waals surface area contributed by atoms with Crippen molar-refractivity contribution in [3.63, 3.8) is 0 Å². The highest BCUT2D eigenvalue weighted by molar-refractivity contribution is 5.69. The third kappa shape index (κ3) is 3.32. The highest BCUT2D eigenvalue weighted by Gasteiger charge is 2.61. The number of esters is 1. The second kappa shape index (κ2) is 7.72. The number of carbonyl (C=O) groups is 1. The molecule has 4 aliphatic carbocycles. The molecule has 0 N–H and O–H groups in total. The molecule has 0 aliphatic heterocycles. The molecule has 2 heteroatoms. The monoisotopic (exact) mass is 400 g/mol. The molecule has 0 heterocycles. The van der Waals surface area contributed by atoms with E-state index in [4.69, 9.17) is 4.74 Å². The Bertz CT molecular complexity index is 653. The van der Waals surface area contributed by atoms with Crippen LogP contribution in [0.5, 0.6) is 0 Å². The maximum atomic E-state index is 11.7. The second-order valence-corrected chi connectivity index (χ2v) is 11.9. The SMILES string of the molecule is COC(=O)CC[C@@H](C)[C@H]1CC[C@H]2[C@@H]3C=C[C@@H]4C[C@H](C)CC[C@]4(C)[C@H]3C[C@H](C)[C@]12C. The Kier molecular flexibility index (Phi) is 5.71. The minimum Gasteiger partial charge on any atom is -0.469 e. The molecule has 164 valence electrons. The summed E-state index contributed by atoms with van der Waals surface area (Å²) < 4.78 is 4.91. The van der Waals surface area contributed by atoms with Crippen molar-refractivity contribution in [1.29, 1.82) is 0 Å². The van der Waals surface area contributed by atoms with E-state index in [0.29, 0.717) is 23.2 Å². The Labute approximate surface area is 179 Å². The van der Waals surface area contributed by atoms with Gasteiger partial charge in [-0.15, -0.1) is 0 Å². The average Bonchev–Trinajstić information content (AvgIpc) is 3.06. The molecule has 0 aromatic heterocycles. The molecule has 0 spiro atoms. The summed E-state index contributed by atoms with van der Waals surface area (Å²) >= 11 is 0. The largest absolute Gasteiger partial charge is 0.469 e. The maximum Gasteiger partial charge on any atom is 0.305 e. The fourth-order valence-corrected chi connectivity index (χ4v) is 8.77. The summed E-state index contributed by atoms with van der Waals surface area (Å²) in [6.45, 7) is 12.7. The Morgan fingerprint density at radius 3 is 2.59 bits per heavy atom. The topological polar surface area (TPSA) is 26.3 Å². The van der Waals surface area contributed by atoms with Gasteiger partial charge in [-0.2, -0.15) is 0 Å². The van der Waals surface area contributed by atoms with Gasteiger partial charge in [-0.1, -0.05) is 53.2 Å². The zero-order chi connectivity index (χ0) is 21.0. The molecule has 0 radical (unpaired) electrons. The van der Waals surface area contributed by atoms with Crippen LogP contribution in [0.2, 0.25) is 0 Å². The fourth-order valence-electron chi connectivity index (χ4n) is 8.77. The predicted molar refractivity (Wildman–Crippen MR) is 119 cm³/mol. The van der Waals surface area contributed by atoms with E-state index in [2.05, 4.69) is 46.8 Å². The van der Waals surface area contributed by atoms with Gasteiger partial charge < -0.3 is 4.74 Å². The van der Waals surface area contributed by atoms with Crippen LogP contribution in [0, 0.1) is 58.2 Å². The van der Waals surface area contributed by atoms with Crippen LogP contribution in [0.1, 0.15) is 86.0 Å². The first-order chi connectivity index (χ1) is 13.7. The van der Waals surface area contributed by atoms with E-state index in [-0.39, 0.29) is 5.97 Å². The molecular weight excluding hydrogens is 356 g/mol. The normalized spacial score (nSPS) is 49.7. The number of rotatable bonds is 4. The van der Waals surface area contributed by atoms with Crippen LogP contribution in [-0.4, -0.2) is 13.1 Å². The number of allylic oxidation sites excluding steroid dienone is 2. The van der Waals surface area contributed by atoms with Crippen molar-refractivity contribution in [3.8, 4) is 0 Å². The van der Waals surface area contributed by atoms with Crippen LogP contribution in [-0.2, 0) is 9.53 Å². The van der Waals surface area contributed by atoms with Crippen molar-refractivity contribution >= 4 is 5.97 Å². The molecule has 3 saturated carbocycles. The molecule has 0 unspecified atom stereocenters. The minimum atomic E-state index is -0.0472. The second-order valence-electron chi connectivity index (χ2n) is 11.9. The lowest BCUT2D eigenvalue weighted by molar-refractivity contribution is -0.141. The summed E-state index contributed by atoms with van der Waals surface area (Å²) in [5.41, 5.74) is 0.947. The minimum absolute atomic E-state index is 0.0472. The van der Waals surface area contributed by atoms with Crippen LogP contribution in [0.4, 0.5) is 0 Å². The van der Waals surface area contributed by atoms with Gasteiger partial charge in [0.2, 0.25) is 0 Å². The molecule has 4 rings (SSSR count). The maximum absolute atomic E-state index is 11.7. The van der Waals surface area contributed by atoms with Gasteiger partial charge in [-0.25, -0.2) is 0 Å². The molecule has 0 aromatic carbocycles. The summed E-state index contributed by atoms with van der Waals surface area (Å²) in [6.07, 6.45) is 15.3. The van der Waals surface area contributed by atoms with Gasteiger partial charge in [0.05, 0.1) is 7.11 Å². The Morgan fingerprint density at radius 1 is 1.10 bits per heavy atom. The molecule has 0 bridgehead atoms. The molecule has 2 nitrogen and oxygen atoms in total. The molecule has 10 atom stereocenters. The third-order valence-corrected chi connectivity index (χ3v) is 10.8. The highest BCUT2D eigenvalue weighted by Crippen LogP contribution is 2.68. The van der Waals surface area contributed by atoms with E-state index in [1.807, 2.05) is 0 Å². The zero-order valence-electron chi connectivity index (χ0n) is 19.7. The number of carbonyl (C=O) groups excluding carboxylic acids is 1. The molecular formula is C27H44O2. The van der Waals surface area contributed by atoms with Crippen LogP contribution >= 0.6 is 0 Å². The number of methoxy groups -OCH3 is 1. The van der Waals surface area contributed by atoms with Crippen LogP contribution in [0.15, 0.2) is 12.2 Å². The smallest absolute Gasteiger partial charge is 0.305 e. The summed E-state index contributed by atoms with van der Waals surface area (Å²) in [5, 5.41) is 0. The van der Waals surface area contributed by atoms with Gasteiger partial charge in [0.15, 0.2) is 0 Å². The van der Waals surface area contributed by atoms with E-state index in [1.165, 1.54) is 45.6 Å². The Balaban J connectivity index is 1.57. The van der Waals surface area contributed by atoms with Crippen LogP contribution < -0.4 is 0 Å². The standard InChI is InChI=1S/C27H44O2/c1-17-13-14-26(4)20(15-17)8-9-21-23-11-10-22(18(2)7-12-25(28)29-6)27(23,5)19(3)16-24(21)26/h8-9,17-24H,7,10-16H2,1-6H3/t17-,18-,19+,20-,21+,22-,23+,24+,26+,27-/m1/s1. The fraction of sp³-hybridized carbons (Fsp3) is 0.889. The van der Waals surface area contributed by atoms with Gasteiger partial charge in [0.1, 0.15) is 0 Å². The quantitative estimate of drug-likeness (QED) is 0.379. The van der Waals surface area contributed by atoms with Crippen molar-refractivity contribution in [2.45, 2.75) is 86.0 Å². The van der Waals surface area contributed by atoms with Gasteiger partial charge in [-0.3, -0.25) is 4.79 Å². The van der Waals surface area contributed by atoms with E-state index >= 15 is 0 Å². The number of hydrogen-bond acceptors (Lipinski definition) is 2. The Hall–Kier alpha value is -0.790. The van der Waals surface area contributed by atoms with Crippen LogP contribution in [0.3, 0.4) is 0 Å². The lowest BCUT2D eigenvalue weighted by Crippen LogP contribution is -2.54. The van der Waals surface area contributed by atoms with Crippen molar-refractivity contribution in [2.24, 2.45) is 58.2 Å². The van der Waals surface area contributed by atoms with Gasteiger partial charge in [-0.05, 0) is 96.7 Å². The summed E-state index contributed by atoms with van der Waals surface area (Å²) in [5.74, 6) is 6.28. The summed E-state index contributed by atoms with van der Waals surface area (Å²) in [7, 11) is 1.51. The first-order valence-corrected chi connectivity index (χ1v) is 12.5. The lowest BCUT2D eigenvalue weighted by Gasteiger charge is -2.61. The van der Waals surface area contributed by atoms with Crippen molar-refractivity contribution in [1.82, 2.24) is 0 Å². The molecule has 0 amide bonds. The van der Waals surface area contributed by atoms with Gasteiger partial charge in [0.25, 0.3) is 0 Å². The molecule has 4 aliphatic rings. The number of hydrogen-bond donors (Lipinski definition) is 0. The number of ether oxygens (including phenoxy) is 1. The Morgan fingerprint density at radius 2 is 1.86 bits per heavy atom. The lowest BCUT2D eigenvalue weighted by atomic mass is 9.43. The van der Waals surface area contributed by atoms with Crippen molar-refractivity contribution < 1.29 is 9.53 Å². The van der Waals surface area contributed by atoms with E-state index in [0.717, 1.165) is 47.8 Å². The van der Waals surface area contributed by atoms with E-state index < -0.39 is 0 Å². The first kappa shape index (κ1) is 21.4. The molecule has 0 saturated heterocycles.